The summed E-state index contributed by atoms with van der Waals surface area (Å²) in [5.41, 5.74) is 5.43. The zero-order chi connectivity index (χ0) is 24.1. The molecule has 0 spiro atoms. The number of benzene rings is 2. The maximum absolute atomic E-state index is 13.1. The van der Waals surface area contributed by atoms with Gasteiger partial charge in [-0.3, -0.25) is 4.79 Å². The monoisotopic (exact) mass is 471 g/mol. The Morgan fingerprint density at radius 3 is 2.80 bits per heavy atom. The van der Waals surface area contributed by atoms with Crippen molar-refractivity contribution in [2.45, 2.75) is 38.1 Å². The van der Waals surface area contributed by atoms with Crippen LogP contribution in [0.4, 0.5) is 0 Å². The molecule has 0 radical (unpaired) electrons. The second kappa shape index (κ2) is 8.71. The number of rotatable bonds is 1. The van der Waals surface area contributed by atoms with Crippen LogP contribution in [0.2, 0.25) is 0 Å². The van der Waals surface area contributed by atoms with Gasteiger partial charge in [-0.2, -0.15) is 5.26 Å². The highest BCUT2D eigenvalue weighted by molar-refractivity contribution is 5.88. The van der Waals surface area contributed by atoms with Crippen molar-refractivity contribution in [1.29, 1.82) is 5.26 Å². The van der Waals surface area contributed by atoms with Gasteiger partial charge in [0.25, 0.3) is 0 Å². The van der Waals surface area contributed by atoms with E-state index in [1.165, 1.54) is 7.11 Å². The fourth-order valence-electron chi connectivity index (χ4n) is 6.67. The fourth-order valence-corrected chi connectivity index (χ4v) is 6.67. The van der Waals surface area contributed by atoms with Crippen LogP contribution in [0.3, 0.4) is 0 Å². The summed E-state index contributed by atoms with van der Waals surface area (Å²) in [7, 11) is 1.38. The number of fused-ring (bicyclic) bond motifs is 7. The number of aliphatic hydroxyl groups is 1. The van der Waals surface area contributed by atoms with Crippen LogP contribution in [-0.4, -0.2) is 46.8 Å². The number of carbonyl (C=O) groups excluding carboxylic acids is 1. The average molecular weight is 472 g/mol. The highest BCUT2D eigenvalue weighted by Crippen LogP contribution is 2.50. The van der Waals surface area contributed by atoms with Gasteiger partial charge < -0.3 is 24.0 Å². The second-order valence-electron chi connectivity index (χ2n) is 9.90. The summed E-state index contributed by atoms with van der Waals surface area (Å²) in [6.45, 7) is 1.54. The standard InChI is InChI=1S/C28H29N3O4/c1-34-28(33)25-23(32)11-10-17-14-30(16-29)13-12-20-19-7-3-5-9-22(19)31-21-8-4-2-6-18(21)15-35-27(24(17)25)26(20)31/h2-9,17,23-25,27,32H,10-15H2,1H3/t17-,23-,24?,25-,27+/m0/s1. The molecule has 1 aromatic heterocycles. The van der Waals surface area contributed by atoms with Crippen LogP contribution in [0, 0.1) is 29.2 Å². The summed E-state index contributed by atoms with van der Waals surface area (Å²) in [6, 6.07) is 16.6. The summed E-state index contributed by atoms with van der Waals surface area (Å²) in [5, 5.41) is 22.1. The number of ether oxygens (including phenoxy) is 2. The third-order valence-corrected chi connectivity index (χ3v) is 8.20. The molecule has 0 bridgehead atoms. The van der Waals surface area contributed by atoms with Gasteiger partial charge in [0.1, 0.15) is 6.10 Å². The number of methoxy groups -OCH3 is 1. The van der Waals surface area contributed by atoms with Gasteiger partial charge in [0, 0.05) is 30.0 Å². The molecule has 3 heterocycles. The Balaban J connectivity index is 1.66. The molecule has 0 amide bonds. The minimum absolute atomic E-state index is 0.00535. The number of aromatic nitrogens is 1. The average Bonchev–Trinajstić information content (AvgIpc) is 3.13. The zero-order valence-corrected chi connectivity index (χ0v) is 19.8. The maximum Gasteiger partial charge on any atom is 0.311 e. The van der Waals surface area contributed by atoms with Crippen LogP contribution in [0.1, 0.15) is 35.8 Å². The number of aliphatic hydroxyl groups excluding tert-OH is 1. The quantitative estimate of drug-likeness (QED) is 0.430. The van der Waals surface area contributed by atoms with Crippen LogP contribution in [-0.2, 0) is 27.3 Å². The van der Waals surface area contributed by atoms with Gasteiger partial charge in [-0.15, -0.1) is 0 Å². The van der Waals surface area contributed by atoms with Gasteiger partial charge in [0.15, 0.2) is 6.19 Å². The predicted molar refractivity (Wildman–Crippen MR) is 129 cm³/mol. The highest BCUT2D eigenvalue weighted by atomic mass is 16.5. The summed E-state index contributed by atoms with van der Waals surface area (Å²) >= 11 is 0. The minimum Gasteiger partial charge on any atom is -0.469 e. The Kier molecular flexibility index (Phi) is 5.51. The first-order chi connectivity index (χ1) is 17.1. The molecule has 35 heavy (non-hydrogen) atoms. The van der Waals surface area contributed by atoms with E-state index in [1.807, 2.05) is 29.2 Å². The highest BCUT2D eigenvalue weighted by Gasteiger charge is 2.51. The molecular weight excluding hydrogens is 442 g/mol. The van der Waals surface area contributed by atoms with E-state index in [-0.39, 0.29) is 11.8 Å². The molecule has 1 aliphatic carbocycles. The lowest BCUT2D eigenvalue weighted by Crippen LogP contribution is -2.48. The molecular formula is C28H29N3O4. The number of hydrogen-bond acceptors (Lipinski definition) is 6. The molecule has 3 aliphatic rings. The Morgan fingerprint density at radius 2 is 1.97 bits per heavy atom. The minimum atomic E-state index is -0.810. The summed E-state index contributed by atoms with van der Waals surface area (Å²) in [5.74, 6) is -1.45. The largest absolute Gasteiger partial charge is 0.469 e. The van der Waals surface area contributed by atoms with Crippen LogP contribution in [0.25, 0.3) is 16.6 Å². The maximum atomic E-state index is 13.1. The van der Waals surface area contributed by atoms with E-state index in [9.17, 15) is 15.2 Å². The van der Waals surface area contributed by atoms with Crippen molar-refractivity contribution >= 4 is 16.9 Å². The smallest absolute Gasteiger partial charge is 0.311 e. The molecule has 7 heteroatoms. The van der Waals surface area contributed by atoms with Gasteiger partial charge in [0.2, 0.25) is 0 Å². The van der Waals surface area contributed by atoms with E-state index in [0.717, 1.165) is 39.8 Å². The SMILES string of the molecule is COC(=O)[C@@H]1C2[C@@H](CC[C@@H]1O)CN(C#N)CCc1c3n(c4ccccc14)-c1ccccc1CO[C@@H]32. The topological polar surface area (TPSA) is 87.7 Å². The van der Waals surface area contributed by atoms with Crippen molar-refractivity contribution in [2.75, 3.05) is 20.2 Å². The molecule has 180 valence electrons. The van der Waals surface area contributed by atoms with E-state index in [1.54, 1.807) is 0 Å². The van der Waals surface area contributed by atoms with Gasteiger partial charge in [-0.05, 0) is 42.9 Å². The lowest BCUT2D eigenvalue weighted by atomic mass is 9.67. The van der Waals surface area contributed by atoms with Crippen molar-refractivity contribution in [3.63, 3.8) is 0 Å². The molecule has 2 aromatic carbocycles. The molecule has 2 aliphatic heterocycles. The Hall–Kier alpha value is -3.34. The van der Waals surface area contributed by atoms with E-state index in [4.69, 9.17) is 9.47 Å². The van der Waals surface area contributed by atoms with Gasteiger partial charge in [0.05, 0.1) is 42.6 Å². The van der Waals surface area contributed by atoms with Gasteiger partial charge in [-0.1, -0.05) is 36.4 Å². The van der Waals surface area contributed by atoms with E-state index < -0.39 is 24.1 Å². The third-order valence-electron chi connectivity index (χ3n) is 8.20. The van der Waals surface area contributed by atoms with Gasteiger partial charge in [-0.25, -0.2) is 0 Å². The molecule has 1 N–H and O–H groups in total. The lowest BCUT2D eigenvalue weighted by Gasteiger charge is -2.43. The van der Waals surface area contributed by atoms with Crippen molar-refractivity contribution in [1.82, 2.24) is 9.47 Å². The molecule has 1 unspecified atom stereocenters. The number of nitrogens with zero attached hydrogens (tertiary/aromatic N) is 3. The van der Waals surface area contributed by atoms with Crippen molar-refractivity contribution in [3.8, 4) is 11.9 Å². The Bertz CT molecular complexity index is 1330. The van der Waals surface area contributed by atoms with Crippen LogP contribution >= 0.6 is 0 Å². The molecule has 0 saturated heterocycles. The zero-order valence-electron chi connectivity index (χ0n) is 19.8. The number of para-hydroxylation sites is 2. The summed E-state index contributed by atoms with van der Waals surface area (Å²) in [6.07, 6.45) is 3.06. The Morgan fingerprint density at radius 1 is 1.17 bits per heavy atom. The molecule has 3 aromatic rings. The normalized spacial score (nSPS) is 27.8. The molecule has 1 saturated carbocycles. The van der Waals surface area contributed by atoms with Crippen molar-refractivity contribution in [3.05, 3.63) is 65.4 Å². The first-order valence-electron chi connectivity index (χ1n) is 12.3. The first-order valence-corrected chi connectivity index (χ1v) is 12.3. The van der Waals surface area contributed by atoms with Crippen molar-refractivity contribution in [2.24, 2.45) is 17.8 Å². The number of nitriles is 1. The van der Waals surface area contributed by atoms with Crippen LogP contribution < -0.4 is 0 Å². The third kappa shape index (κ3) is 3.43. The number of esters is 1. The van der Waals surface area contributed by atoms with E-state index >= 15 is 0 Å². The van der Waals surface area contributed by atoms with Crippen LogP contribution in [0.5, 0.6) is 0 Å². The van der Waals surface area contributed by atoms with Crippen LogP contribution in [0.15, 0.2) is 48.5 Å². The molecule has 1 fully saturated rings. The number of hydrogen-bond donors (Lipinski definition) is 1. The van der Waals surface area contributed by atoms with E-state index in [0.29, 0.717) is 32.5 Å². The summed E-state index contributed by atoms with van der Waals surface area (Å²) in [4.78, 5) is 14.9. The first kappa shape index (κ1) is 22.1. The van der Waals surface area contributed by atoms with E-state index in [2.05, 4.69) is 35.0 Å². The second-order valence-corrected chi connectivity index (χ2v) is 9.90. The molecule has 5 atom stereocenters. The number of carbonyl (C=O) groups is 1. The predicted octanol–water partition coefficient (Wildman–Crippen LogP) is 3.72. The fraction of sp³-hybridized carbons (Fsp3) is 0.429. The van der Waals surface area contributed by atoms with Gasteiger partial charge >= 0.3 is 5.97 Å². The summed E-state index contributed by atoms with van der Waals surface area (Å²) < 4.78 is 14.2. The molecule has 6 rings (SSSR count). The van der Waals surface area contributed by atoms with Crippen molar-refractivity contribution < 1.29 is 19.4 Å². The molecule has 7 nitrogen and oxygen atoms in total. The Labute approximate surface area is 204 Å². The lowest BCUT2D eigenvalue weighted by molar-refractivity contribution is -0.165.